The van der Waals surface area contributed by atoms with Crippen molar-refractivity contribution in [2.24, 2.45) is 0 Å². The Bertz CT molecular complexity index is 735. The topological polar surface area (TPSA) is 55.5 Å². The van der Waals surface area contributed by atoms with Crippen LogP contribution in [0.5, 0.6) is 0 Å². The summed E-state index contributed by atoms with van der Waals surface area (Å²) in [5.41, 5.74) is 1.22. The number of carbonyl (C=O) groups excluding carboxylic acids is 1. The number of carbonyl (C=O) groups is 1. The van der Waals surface area contributed by atoms with E-state index < -0.39 is 5.76 Å². The van der Waals surface area contributed by atoms with Gasteiger partial charge in [-0.2, -0.15) is 11.8 Å². The van der Waals surface area contributed by atoms with Crippen molar-refractivity contribution < 1.29 is 9.21 Å². The van der Waals surface area contributed by atoms with Gasteiger partial charge in [0.25, 0.3) is 0 Å². The van der Waals surface area contributed by atoms with Crippen LogP contribution < -0.4 is 5.76 Å². The number of para-hydroxylation sites is 2. The second-order valence-corrected chi connectivity index (χ2v) is 6.65. The second-order valence-electron chi connectivity index (χ2n) is 5.31. The predicted octanol–water partition coefficient (Wildman–Crippen LogP) is 1.31. The normalized spacial score (nSPS) is 24.7. The molecule has 20 heavy (non-hydrogen) atoms. The Hall–Kier alpha value is -1.69. The molecule has 0 radical (unpaired) electrons. The van der Waals surface area contributed by atoms with Gasteiger partial charge in [-0.15, -0.1) is 0 Å². The summed E-state index contributed by atoms with van der Waals surface area (Å²) in [6.45, 7) is 0.891. The van der Waals surface area contributed by atoms with Gasteiger partial charge < -0.3 is 9.32 Å². The number of thioether (sulfide) groups is 1. The summed E-state index contributed by atoms with van der Waals surface area (Å²) in [7, 11) is 0. The summed E-state index contributed by atoms with van der Waals surface area (Å²) >= 11 is 1.95. The average molecular weight is 290 g/mol. The van der Waals surface area contributed by atoms with Gasteiger partial charge in [0, 0.05) is 23.6 Å². The Kier molecular flexibility index (Phi) is 2.66. The number of rotatable bonds is 2. The molecule has 2 aliphatic heterocycles. The lowest BCUT2D eigenvalue weighted by atomic mass is 10.2. The van der Waals surface area contributed by atoms with Crippen molar-refractivity contribution in [1.82, 2.24) is 9.47 Å². The SMILES string of the molecule is O=C(Cn1c(=O)oc2ccccc21)N1CC2CC1CS2. The summed E-state index contributed by atoms with van der Waals surface area (Å²) < 4.78 is 6.58. The van der Waals surface area contributed by atoms with E-state index in [2.05, 4.69) is 0 Å². The van der Waals surface area contributed by atoms with Gasteiger partial charge in [-0.25, -0.2) is 4.79 Å². The molecule has 1 amide bonds. The largest absolute Gasteiger partial charge is 0.420 e. The lowest BCUT2D eigenvalue weighted by Gasteiger charge is -2.26. The summed E-state index contributed by atoms with van der Waals surface area (Å²) in [4.78, 5) is 26.2. The monoisotopic (exact) mass is 290 g/mol. The molecule has 0 N–H and O–H groups in total. The van der Waals surface area contributed by atoms with E-state index in [1.54, 1.807) is 12.1 Å². The Balaban J connectivity index is 1.63. The number of benzene rings is 1. The summed E-state index contributed by atoms with van der Waals surface area (Å²) in [5.74, 6) is 0.585. The number of aromatic nitrogens is 1. The minimum Gasteiger partial charge on any atom is -0.408 e. The molecule has 2 fully saturated rings. The van der Waals surface area contributed by atoms with Crippen LogP contribution in [0.15, 0.2) is 33.5 Å². The molecular formula is C14H14N2O3S. The van der Waals surface area contributed by atoms with E-state index in [0.717, 1.165) is 18.7 Å². The number of hydrogen-bond acceptors (Lipinski definition) is 4. The number of likely N-dealkylation sites (tertiary alicyclic amines) is 1. The van der Waals surface area contributed by atoms with Gasteiger partial charge >= 0.3 is 5.76 Å². The van der Waals surface area contributed by atoms with E-state index in [9.17, 15) is 9.59 Å². The number of fused-ring (bicyclic) bond motifs is 3. The van der Waals surface area contributed by atoms with Crippen molar-refractivity contribution in [3.8, 4) is 0 Å². The maximum atomic E-state index is 12.4. The first-order chi connectivity index (χ1) is 9.72. The highest BCUT2D eigenvalue weighted by molar-refractivity contribution is 8.00. The van der Waals surface area contributed by atoms with Crippen LogP contribution in [0.2, 0.25) is 0 Å². The first-order valence-electron chi connectivity index (χ1n) is 6.72. The Morgan fingerprint density at radius 2 is 2.25 bits per heavy atom. The first kappa shape index (κ1) is 12.1. The Morgan fingerprint density at radius 1 is 1.40 bits per heavy atom. The van der Waals surface area contributed by atoms with Crippen LogP contribution in [0.25, 0.3) is 11.1 Å². The maximum absolute atomic E-state index is 12.4. The second kappa shape index (κ2) is 4.41. The smallest absolute Gasteiger partial charge is 0.408 e. The average Bonchev–Trinajstić information content (AvgIpc) is 3.14. The van der Waals surface area contributed by atoms with E-state index in [1.807, 2.05) is 28.8 Å². The van der Waals surface area contributed by atoms with Crippen molar-refractivity contribution in [2.45, 2.75) is 24.3 Å². The predicted molar refractivity (Wildman–Crippen MR) is 76.8 cm³/mol. The van der Waals surface area contributed by atoms with E-state index in [1.165, 1.54) is 4.57 Å². The fraction of sp³-hybridized carbons (Fsp3) is 0.429. The van der Waals surface area contributed by atoms with Crippen LogP contribution in [0.1, 0.15) is 6.42 Å². The van der Waals surface area contributed by atoms with E-state index in [0.29, 0.717) is 22.4 Å². The molecule has 1 aromatic carbocycles. The Morgan fingerprint density at radius 3 is 3.00 bits per heavy atom. The quantitative estimate of drug-likeness (QED) is 0.837. The van der Waals surface area contributed by atoms with Crippen molar-refractivity contribution in [2.75, 3.05) is 12.3 Å². The molecule has 4 rings (SSSR count). The van der Waals surface area contributed by atoms with Crippen LogP contribution in [-0.2, 0) is 11.3 Å². The molecular weight excluding hydrogens is 276 g/mol. The highest BCUT2D eigenvalue weighted by Crippen LogP contribution is 2.37. The van der Waals surface area contributed by atoms with Crippen LogP contribution in [-0.4, -0.2) is 39.0 Å². The third kappa shape index (κ3) is 1.78. The molecule has 5 nitrogen and oxygen atoms in total. The zero-order valence-corrected chi connectivity index (χ0v) is 11.6. The highest BCUT2D eigenvalue weighted by atomic mass is 32.2. The van der Waals surface area contributed by atoms with Crippen molar-refractivity contribution in [1.29, 1.82) is 0 Å². The lowest BCUT2D eigenvalue weighted by molar-refractivity contribution is -0.132. The molecule has 2 saturated heterocycles. The van der Waals surface area contributed by atoms with Crippen molar-refractivity contribution in [3.05, 3.63) is 34.8 Å². The minimum absolute atomic E-state index is 0.0199. The first-order valence-corrected chi connectivity index (χ1v) is 7.77. The highest BCUT2D eigenvalue weighted by Gasteiger charge is 2.40. The standard InChI is InChI=1S/C14H14N2O3S/c17-13(15-6-10-5-9(15)8-20-10)7-16-11-3-1-2-4-12(11)19-14(16)18/h1-4,9-10H,5-8H2. The van der Waals surface area contributed by atoms with Gasteiger partial charge in [-0.1, -0.05) is 12.1 Å². The molecule has 0 spiro atoms. The van der Waals surface area contributed by atoms with E-state index in [4.69, 9.17) is 4.42 Å². The van der Waals surface area contributed by atoms with Crippen LogP contribution in [0.4, 0.5) is 0 Å². The lowest BCUT2D eigenvalue weighted by Crippen LogP contribution is -2.41. The number of amides is 1. The molecule has 1 aromatic heterocycles. The maximum Gasteiger partial charge on any atom is 0.420 e. The molecule has 2 aromatic rings. The molecule has 2 aliphatic rings. The fourth-order valence-corrected chi connectivity index (χ4v) is 4.53. The molecule has 2 bridgehead atoms. The van der Waals surface area contributed by atoms with Crippen LogP contribution >= 0.6 is 11.8 Å². The molecule has 2 atom stereocenters. The molecule has 104 valence electrons. The van der Waals surface area contributed by atoms with Gasteiger partial charge in [0.05, 0.1) is 5.52 Å². The van der Waals surface area contributed by atoms with Gasteiger partial charge in [0.1, 0.15) is 6.54 Å². The number of hydrogen-bond donors (Lipinski definition) is 0. The molecule has 6 heteroatoms. The zero-order valence-electron chi connectivity index (χ0n) is 10.8. The fourth-order valence-electron chi connectivity index (χ4n) is 3.09. The molecule has 0 saturated carbocycles. The van der Waals surface area contributed by atoms with Gasteiger partial charge in [0.15, 0.2) is 5.58 Å². The summed E-state index contributed by atoms with van der Waals surface area (Å²) in [5, 5.41) is 0.585. The zero-order chi connectivity index (χ0) is 13.7. The van der Waals surface area contributed by atoms with Gasteiger partial charge in [-0.3, -0.25) is 9.36 Å². The van der Waals surface area contributed by atoms with Crippen molar-refractivity contribution >= 4 is 28.8 Å². The van der Waals surface area contributed by atoms with Crippen molar-refractivity contribution in [3.63, 3.8) is 0 Å². The third-order valence-corrected chi connectivity index (χ3v) is 5.48. The van der Waals surface area contributed by atoms with E-state index in [-0.39, 0.29) is 12.5 Å². The van der Waals surface area contributed by atoms with Crippen LogP contribution in [0.3, 0.4) is 0 Å². The molecule has 3 heterocycles. The van der Waals surface area contributed by atoms with Gasteiger partial charge in [0.2, 0.25) is 5.91 Å². The van der Waals surface area contributed by atoms with E-state index >= 15 is 0 Å². The minimum atomic E-state index is -0.460. The Labute approximate surface area is 119 Å². The number of nitrogens with zero attached hydrogens (tertiary/aromatic N) is 2. The summed E-state index contributed by atoms with van der Waals surface area (Å²) in [6, 6.07) is 7.55. The third-order valence-electron chi connectivity index (χ3n) is 4.09. The number of oxazole rings is 1. The summed E-state index contributed by atoms with van der Waals surface area (Å²) in [6.07, 6.45) is 1.09. The van der Waals surface area contributed by atoms with Gasteiger partial charge in [-0.05, 0) is 18.6 Å². The molecule has 0 aliphatic carbocycles. The molecule has 2 unspecified atom stereocenters. The van der Waals surface area contributed by atoms with Crippen LogP contribution in [0, 0.1) is 0 Å².